The summed E-state index contributed by atoms with van der Waals surface area (Å²) in [7, 11) is 0. The van der Waals surface area contributed by atoms with Gasteiger partial charge in [-0.25, -0.2) is 4.79 Å². The van der Waals surface area contributed by atoms with E-state index in [0.717, 1.165) is 63.6 Å². The summed E-state index contributed by atoms with van der Waals surface area (Å²) in [5, 5.41) is 8.71. The van der Waals surface area contributed by atoms with Gasteiger partial charge in [-0.2, -0.15) is 0 Å². The highest BCUT2D eigenvalue weighted by Crippen LogP contribution is 2.32. The summed E-state index contributed by atoms with van der Waals surface area (Å²) >= 11 is 0. The lowest BCUT2D eigenvalue weighted by Crippen LogP contribution is -2.40. The molecule has 2 unspecified atom stereocenters. The van der Waals surface area contributed by atoms with Crippen molar-refractivity contribution in [2.24, 2.45) is 5.92 Å². The first-order valence-electron chi connectivity index (χ1n) is 13.9. The summed E-state index contributed by atoms with van der Waals surface area (Å²) < 4.78 is 0. The molecule has 0 aromatic rings. The fourth-order valence-corrected chi connectivity index (χ4v) is 4.69. The van der Waals surface area contributed by atoms with Crippen molar-refractivity contribution < 1.29 is 19.5 Å². The van der Waals surface area contributed by atoms with E-state index in [9.17, 15) is 14.4 Å². The highest BCUT2D eigenvalue weighted by atomic mass is 16.4. The first-order chi connectivity index (χ1) is 18.5. The molecule has 2 fully saturated rings. The van der Waals surface area contributed by atoms with Gasteiger partial charge in [-0.15, -0.1) is 0 Å². The number of amides is 2. The maximum Gasteiger partial charge on any atom is 0.328 e. The fourth-order valence-electron chi connectivity index (χ4n) is 4.69. The van der Waals surface area contributed by atoms with Gasteiger partial charge >= 0.3 is 5.97 Å². The van der Waals surface area contributed by atoms with Crippen LogP contribution in [0.2, 0.25) is 0 Å². The lowest BCUT2D eigenvalue weighted by molar-refractivity contribution is -0.133. The Hall–Kier alpha value is -3.41. The number of hydrogen-bond acceptors (Lipinski definition) is 3. The quantitative estimate of drug-likeness (QED) is 0.195. The van der Waals surface area contributed by atoms with Gasteiger partial charge in [0.1, 0.15) is 0 Å². The molecule has 38 heavy (non-hydrogen) atoms. The average molecular weight is 521 g/mol. The number of rotatable bonds is 16. The van der Waals surface area contributed by atoms with Gasteiger partial charge in [-0.3, -0.25) is 9.59 Å². The first kappa shape index (κ1) is 30.8. The van der Waals surface area contributed by atoms with Gasteiger partial charge in [0.2, 0.25) is 11.8 Å². The predicted octanol–water partition coefficient (Wildman–Crippen LogP) is 6.16. The minimum atomic E-state index is -1.14. The van der Waals surface area contributed by atoms with Gasteiger partial charge in [0, 0.05) is 44.1 Å². The summed E-state index contributed by atoms with van der Waals surface area (Å²) in [6.45, 7) is 3.96. The van der Waals surface area contributed by atoms with Gasteiger partial charge in [0.25, 0.3) is 0 Å². The molecule has 2 aliphatic heterocycles. The maximum atomic E-state index is 12.7. The molecule has 2 heterocycles. The van der Waals surface area contributed by atoms with Crippen molar-refractivity contribution in [3.05, 3.63) is 85.1 Å². The predicted molar refractivity (Wildman–Crippen MR) is 154 cm³/mol. The van der Waals surface area contributed by atoms with Crippen molar-refractivity contribution in [2.45, 2.75) is 70.8 Å². The smallest absolute Gasteiger partial charge is 0.328 e. The summed E-state index contributed by atoms with van der Waals surface area (Å²) in [5.74, 6) is -1.02. The van der Waals surface area contributed by atoms with Crippen molar-refractivity contribution in [2.75, 3.05) is 19.6 Å². The minimum Gasteiger partial charge on any atom is -0.478 e. The van der Waals surface area contributed by atoms with Crippen LogP contribution in [0.15, 0.2) is 85.1 Å². The largest absolute Gasteiger partial charge is 0.478 e. The zero-order valence-corrected chi connectivity index (χ0v) is 22.8. The van der Waals surface area contributed by atoms with Crippen molar-refractivity contribution in [1.82, 2.24) is 9.80 Å². The third kappa shape index (κ3) is 12.2. The summed E-state index contributed by atoms with van der Waals surface area (Å²) in [6, 6.07) is 0.0509. The van der Waals surface area contributed by atoms with Gasteiger partial charge in [0.15, 0.2) is 0 Å². The first-order valence-corrected chi connectivity index (χ1v) is 13.9. The number of nitrogens with zero attached hydrogens (tertiary/aromatic N) is 2. The van der Waals surface area contributed by atoms with Gasteiger partial charge < -0.3 is 14.9 Å². The van der Waals surface area contributed by atoms with E-state index in [-0.39, 0.29) is 23.8 Å². The molecule has 0 aliphatic carbocycles. The third-order valence-electron chi connectivity index (χ3n) is 6.67. The lowest BCUT2D eigenvalue weighted by atomic mass is 10.1. The van der Waals surface area contributed by atoms with Gasteiger partial charge in [0.05, 0.1) is 6.04 Å². The number of carboxylic acids is 1. The van der Waals surface area contributed by atoms with Crippen LogP contribution in [0.5, 0.6) is 0 Å². The third-order valence-corrected chi connectivity index (χ3v) is 6.67. The van der Waals surface area contributed by atoms with Crippen molar-refractivity contribution in [3.8, 4) is 0 Å². The Bertz CT molecular complexity index is 955. The minimum absolute atomic E-state index is 0.0509. The second kappa shape index (κ2) is 18.8. The molecule has 0 bridgehead atoms. The molecule has 0 aromatic heterocycles. The number of allylic oxidation sites excluding steroid dienone is 12. The van der Waals surface area contributed by atoms with Gasteiger partial charge in [-0.1, -0.05) is 79.8 Å². The topological polar surface area (TPSA) is 77.9 Å². The Kier molecular flexibility index (Phi) is 15.2. The normalized spacial score (nSPS) is 20.2. The molecular formula is C32H44N2O4. The zero-order chi connectivity index (χ0) is 27.4. The summed E-state index contributed by atoms with van der Waals surface area (Å²) in [4.78, 5) is 39.1. The van der Waals surface area contributed by atoms with Crippen LogP contribution in [0.1, 0.15) is 64.7 Å². The molecule has 2 aliphatic rings. The fraction of sp³-hybridized carbons (Fsp3) is 0.469. The number of fused-ring (bicyclic) bond motifs is 1. The SMILES string of the molecule is CCC=CCC=CCC=CCC=CCC=CCC=CCCC(=O)N1CCC2CN(C(=O)C=CC(=O)O)CC21. The molecule has 0 radical (unpaired) electrons. The standard InChI is InChI=1S/C32H44N2O4/c1-2-3-4-5-6-7-8-9-10-11-12-13-14-15-16-17-18-19-20-21-31(36)34-25-24-28-26-33(27-29(28)34)30(35)22-23-32(37)38/h3-4,6-7,9-10,12-13,15-16,18-19,22-23,28-29H,2,5,8,11,14,17,20-21,24-27H2,1H3,(H,37,38). The number of carboxylic acid groups (broad SMARTS) is 1. The molecule has 206 valence electrons. The number of aliphatic carboxylic acids is 1. The molecular weight excluding hydrogens is 476 g/mol. The highest BCUT2D eigenvalue weighted by Gasteiger charge is 2.43. The Morgan fingerprint density at radius 2 is 1.26 bits per heavy atom. The number of hydrogen-bond donors (Lipinski definition) is 1. The van der Waals surface area contributed by atoms with Crippen molar-refractivity contribution >= 4 is 17.8 Å². The van der Waals surface area contributed by atoms with E-state index in [2.05, 4.69) is 79.8 Å². The molecule has 2 rings (SSSR count). The van der Waals surface area contributed by atoms with Crippen LogP contribution in [0, 0.1) is 5.92 Å². The van der Waals surface area contributed by atoms with E-state index in [0.29, 0.717) is 25.9 Å². The van der Waals surface area contributed by atoms with Gasteiger partial charge in [-0.05, 0) is 51.4 Å². The molecule has 0 spiro atoms. The summed E-state index contributed by atoms with van der Waals surface area (Å²) in [6.07, 6.45) is 35.9. The van der Waals surface area contributed by atoms with Crippen molar-refractivity contribution in [1.29, 1.82) is 0 Å². The molecule has 2 atom stereocenters. The van der Waals surface area contributed by atoms with Crippen LogP contribution < -0.4 is 0 Å². The molecule has 1 N–H and O–H groups in total. The molecule has 0 saturated carbocycles. The molecule has 6 nitrogen and oxygen atoms in total. The molecule has 6 heteroatoms. The Balaban J connectivity index is 1.54. The number of carbonyl (C=O) groups excluding carboxylic acids is 2. The van der Waals surface area contributed by atoms with Crippen LogP contribution in [0.3, 0.4) is 0 Å². The monoisotopic (exact) mass is 520 g/mol. The van der Waals surface area contributed by atoms with E-state index in [1.165, 1.54) is 0 Å². The number of carbonyl (C=O) groups is 3. The molecule has 2 amide bonds. The highest BCUT2D eigenvalue weighted by molar-refractivity contribution is 5.94. The van der Waals surface area contributed by atoms with E-state index in [1.807, 2.05) is 4.90 Å². The lowest BCUT2D eigenvalue weighted by Gasteiger charge is -2.24. The van der Waals surface area contributed by atoms with E-state index < -0.39 is 5.97 Å². The zero-order valence-electron chi connectivity index (χ0n) is 22.8. The van der Waals surface area contributed by atoms with Crippen LogP contribution in [-0.4, -0.2) is 58.4 Å². The maximum absolute atomic E-state index is 12.7. The van der Waals surface area contributed by atoms with E-state index >= 15 is 0 Å². The van der Waals surface area contributed by atoms with Crippen LogP contribution in [0.4, 0.5) is 0 Å². The van der Waals surface area contributed by atoms with E-state index in [1.54, 1.807) is 4.90 Å². The molecule has 2 saturated heterocycles. The summed E-state index contributed by atoms with van der Waals surface area (Å²) in [5.41, 5.74) is 0. The second-order valence-corrected chi connectivity index (χ2v) is 9.57. The van der Waals surface area contributed by atoms with E-state index in [4.69, 9.17) is 5.11 Å². The molecule has 0 aromatic carbocycles. The Morgan fingerprint density at radius 1 is 0.737 bits per heavy atom. The number of likely N-dealkylation sites (tertiary alicyclic amines) is 2. The second-order valence-electron chi connectivity index (χ2n) is 9.57. The van der Waals surface area contributed by atoms with Crippen LogP contribution >= 0.6 is 0 Å². The van der Waals surface area contributed by atoms with Crippen LogP contribution in [0.25, 0.3) is 0 Å². The van der Waals surface area contributed by atoms with Crippen molar-refractivity contribution in [3.63, 3.8) is 0 Å². The van der Waals surface area contributed by atoms with Crippen LogP contribution in [-0.2, 0) is 14.4 Å². The average Bonchev–Trinajstić information content (AvgIpc) is 3.50. The Labute approximate surface area is 228 Å². The Morgan fingerprint density at radius 3 is 1.79 bits per heavy atom.